The number of hydrogen-bond donors (Lipinski definition) is 0. The zero-order valence-corrected chi connectivity index (χ0v) is 19.7. The van der Waals surface area contributed by atoms with Crippen LogP contribution in [0.25, 0.3) is 10.1 Å². The topological polar surface area (TPSA) is 43.9 Å². The van der Waals surface area contributed by atoms with Gasteiger partial charge < -0.3 is 9.80 Å². The maximum Gasteiger partial charge on any atom is 0.247 e. The summed E-state index contributed by atoms with van der Waals surface area (Å²) in [6.07, 6.45) is 1.00. The molecule has 2 amide bonds. The Morgan fingerprint density at radius 1 is 1.03 bits per heavy atom. The lowest BCUT2D eigenvalue weighted by molar-refractivity contribution is -0.160. The number of carbonyl (C=O) groups is 2. The molecule has 0 N–H and O–H groups in total. The van der Waals surface area contributed by atoms with Gasteiger partial charge in [-0.25, -0.2) is 0 Å². The van der Waals surface area contributed by atoms with E-state index in [-0.39, 0.29) is 18.4 Å². The van der Waals surface area contributed by atoms with Gasteiger partial charge in [-0.05, 0) is 41.1 Å². The molecule has 3 heterocycles. The molecule has 5 rings (SSSR count). The van der Waals surface area contributed by atoms with Crippen molar-refractivity contribution in [3.63, 3.8) is 0 Å². The molecule has 2 aliphatic rings. The van der Waals surface area contributed by atoms with Crippen LogP contribution < -0.4 is 0 Å². The fourth-order valence-electron chi connectivity index (χ4n) is 4.81. The van der Waals surface area contributed by atoms with Crippen molar-refractivity contribution in [3.05, 3.63) is 69.6 Å². The highest BCUT2D eigenvalue weighted by Gasteiger charge is 2.42. The van der Waals surface area contributed by atoms with E-state index < -0.39 is 6.04 Å². The first-order chi connectivity index (χ1) is 15.5. The Labute approximate surface area is 197 Å². The van der Waals surface area contributed by atoms with Crippen LogP contribution in [0.15, 0.2) is 48.5 Å². The predicted octanol–water partition coefficient (Wildman–Crippen LogP) is 4.17. The van der Waals surface area contributed by atoms with Crippen LogP contribution in [-0.2, 0) is 29.1 Å². The lowest BCUT2D eigenvalue weighted by Crippen LogP contribution is -2.66. The molecule has 2 saturated heterocycles. The van der Waals surface area contributed by atoms with Gasteiger partial charge in [0, 0.05) is 47.3 Å². The number of aryl methyl sites for hydroxylation is 1. The summed E-state index contributed by atoms with van der Waals surface area (Å²) in [5.41, 5.74) is 2.35. The number of amides is 2. The van der Waals surface area contributed by atoms with Gasteiger partial charge in [-0.3, -0.25) is 14.5 Å². The zero-order chi connectivity index (χ0) is 22.2. The smallest absolute Gasteiger partial charge is 0.247 e. The van der Waals surface area contributed by atoms with E-state index in [0.29, 0.717) is 24.7 Å². The van der Waals surface area contributed by atoms with Gasteiger partial charge >= 0.3 is 0 Å². The fraction of sp³-hybridized carbons (Fsp3) is 0.360. The minimum Gasteiger partial charge on any atom is -0.327 e. The summed E-state index contributed by atoms with van der Waals surface area (Å²) in [6.45, 7) is 5.57. The largest absolute Gasteiger partial charge is 0.327 e. The third-order valence-corrected chi connectivity index (χ3v) is 8.09. The van der Waals surface area contributed by atoms with Gasteiger partial charge in [-0.15, -0.1) is 11.3 Å². The number of benzene rings is 2. The van der Waals surface area contributed by atoms with Gasteiger partial charge in [-0.1, -0.05) is 48.9 Å². The third kappa shape index (κ3) is 4.03. The predicted molar refractivity (Wildman–Crippen MR) is 129 cm³/mol. The molecule has 2 fully saturated rings. The van der Waals surface area contributed by atoms with E-state index in [1.54, 1.807) is 9.80 Å². The lowest BCUT2D eigenvalue weighted by Gasteiger charge is -2.46. The SMILES string of the molecule is CCc1sc2ccccc2c1CN1CCN2C(=O)CN(Cc3ccc(Cl)cc3)C(=O)C2C1. The number of piperazine rings is 2. The second-order valence-corrected chi connectivity index (χ2v) is 10.1. The first kappa shape index (κ1) is 21.4. The van der Waals surface area contributed by atoms with Crippen LogP contribution in [0.5, 0.6) is 0 Å². The third-order valence-electron chi connectivity index (χ3n) is 6.48. The molecular formula is C25H26ClN3O2S. The molecule has 0 spiro atoms. The minimum absolute atomic E-state index is 0.0372. The summed E-state index contributed by atoms with van der Waals surface area (Å²) >= 11 is 7.85. The number of carbonyl (C=O) groups excluding carboxylic acids is 2. The normalized spacial score (nSPS) is 19.6. The average molecular weight is 468 g/mol. The Morgan fingerprint density at radius 3 is 2.59 bits per heavy atom. The van der Waals surface area contributed by atoms with Crippen molar-refractivity contribution in [3.8, 4) is 0 Å². The Hall–Kier alpha value is -2.41. The molecule has 166 valence electrons. The van der Waals surface area contributed by atoms with Crippen LogP contribution in [0.2, 0.25) is 5.02 Å². The first-order valence-corrected chi connectivity index (χ1v) is 12.3. The summed E-state index contributed by atoms with van der Waals surface area (Å²) in [4.78, 5) is 33.4. The number of thiophene rings is 1. The van der Waals surface area contributed by atoms with Crippen molar-refractivity contribution in [2.45, 2.75) is 32.5 Å². The fourth-order valence-corrected chi connectivity index (χ4v) is 6.09. The van der Waals surface area contributed by atoms with Crippen molar-refractivity contribution >= 4 is 44.8 Å². The summed E-state index contributed by atoms with van der Waals surface area (Å²) in [5, 5.41) is 1.98. The first-order valence-electron chi connectivity index (χ1n) is 11.1. The maximum atomic E-state index is 13.3. The van der Waals surface area contributed by atoms with Gasteiger partial charge in [0.25, 0.3) is 0 Å². The Balaban J connectivity index is 1.34. The van der Waals surface area contributed by atoms with Crippen molar-refractivity contribution < 1.29 is 9.59 Å². The Morgan fingerprint density at radius 2 is 1.81 bits per heavy atom. The molecule has 0 saturated carbocycles. The number of hydrogen-bond acceptors (Lipinski definition) is 4. The number of rotatable bonds is 5. The highest BCUT2D eigenvalue weighted by atomic mass is 35.5. The molecule has 7 heteroatoms. The van der Waals surface area contributed by atoms with Gasteiger partial charge in [0.05, 0.1) is 0 Å². The molecule has 0 bridgehead atoms. The van der Waals surface area contributed by atoms with E-state index in [1.807, 2.05) is 35.6 Å². The summed E-state index contributed by atoms with van der Waals surface area (Å²) in [7, 11) is 0. The molecular weight excluding hydrogens is 442 g/mol. The van der Waals surface area contributed by atoms with Crippen LogP contribution in [0, 0.1) is 0 Å². The Bertz CT molecular complexity index is 1160. The van der Waals surface area contributed by atoms with Gasteiger partial charge in [0.15, 0.2) is 0 Å². The molecule has 2 aromatic carbocycles. The van der Waals surface area contributed by atoms with Crippen molar-refractivity contribution in [2.24, 2.45) is 0 Å². The van der Waals surface area contributed by atoms with Crippen LogP contribution in [0.1, 0.15) is 22.9 Å². The van der Waals surface area contributed by atoms with E-state index in [1.165, 1.54) is 20.5 Å². The molecule has 3 aromatic rings. The highest BCUT2D eigenvalue weighted by molar-refractivity contribution is 7.19. The van der Waals surface area contributed by atoms with Crippen LogP contribution in [-0.4, -0.2) is 58.7 Å². The summed E-state index contributed by atoms with van der Waals surface area (Å²) in [5.74, 6) is 0.0774. The van der Waals surface area contributed by atoms with E-state index >= 15 is 0 Å². The van der Waals surface area contributed by atoms with E-state index in [0.717, 1.165) is 25.1 Å². The monoisotopic (exact) mass is 467 g/mol. The van der Waals surface area contributed by atoms with Gasteiger partial charge in [-0.2, -0.15) is 0 Å². The maximum absolute atomic E-state index is 13.3. The molecule has 1 unspecified atom stereocenters. The summed E-state index contributed by atoms with van der Waals surface area (Å²) < 4.78 is 1.32. The highest BCUT2D eigenvalue weighted by Crippen LogP contribution is 2.33. The second-order valence-electron chi connectivity index (χ2n) is 8.51. The van der Waals surface area contributed by atoms with Gasteiger partial charge in [0.1, 0.15) is 12.6 Å². The number of nitrogens with zero attached hydrogens (tertiary/aromatic N) is 3. The zero-order valence-electron chi connectivity index (χ0n) is 18.1. The van der Waals surface area contributed by atoms with Crippen molar-refractivity contribution in [2.75, 3.05) is 26.2 Å². The van der Waals surface area contributed by atoms with Crippen LogP contribution in [0.3, 0.4) is 0 Å². The molecule has 0 aliphatic carbocycles. The molecule has 2 aliphatic heterocycles. The number of halogens is 1. The summed E-state index contributed by atoms with van der Waals surface area (Å²) in [6, 6.07) is 15.6. The number of fused-ring (bicyclic) bond motifs is 2. The van der Waals surface area contributed by atoms with Crippen molar-refractivity contribution in [1.82, 2.24) is 14.7 Å². The van der Waals surface area contributed by atoms with Crippen LogP contribution in [0.4, 0.5) is 0 Å². The lowest BCUT2D eigenvalue weighted by atomic mass is 10.0. The molecule has 32 heavy (non-hydrogen) atoms. The van der Waals surface area contributed by atoms with E-state index in [9.17, 15) is 9.59 Å². The Kier molecular flexibility index (Phi) is 5.93. The van der Waals surface area contributed by atoms with Gasteiger partial charge in [0.2, 0.25) is 11.8 Å². The van der Waals surface area contributed by atoms with E-state index in [2.05, 4.69) is 36.1 Å². The molecule has 1 atom stereocenters. The second kappa shape index (κ2) is 8.85. The molecule has 0 radical (unpaired) electrons. The average Bonchev–Trinajstić information content (AvgIpc) is 3.16. The molecule has 1 aromatic heterocycles. The van der Waals surface area contributed by atoms with Crippen molar-refractivity contribution in [1.29, 1.82) is 0 Å². The minimum atomic E-state index is -0.410. The molecule has 5 nitrogen and oxygen atoms in total. The standard InChI is InChI=1S/C25H26ClN3O2S/c1-2-22-20(19-5-3-4-6-23(19)32-22)14-27-11-12-29-21(15-27)25(31)28(16-24(29)30)13-17-7-9-18(26)10-8-17/h3-10,21H,2,11-16H2,1H3. The quantitative estimate of drug-likeness (QED) is 0.565. The van der Waals surface area contributed by atoms with Crippen LogP contribution >= 0.6 is 22.9 Å². The van der Waals surface area contributed by atoms with E-state index in [4.69, 9.17) is 11.6 Å².